The second kappa shape index (κ2) is 3.32. The van der Waals surface area contributed by atoms with E-state index >= 15 is 0 Å². The largest absolute Gasteiger partial charge is 0.326 e. The topological polar surface area (TPSA) is 26.0 Å². The molecule has 1 nitrogen and oxygen atoms in total. The van der Waals surface area contributed by atoms with Crippen molar-refractivity contribution in [1.29, 1.82) is 0 Å². The van der Waals surface area contributed by atoms with E-state index < -0.39 is 0 Å². The summed E-state index contributed by atoms with van der Waals surface area (Å²) in [6.45, 7) is 7.63. The Bertz CT molecular complexity index is 368. The lowest BCUT2D eigenvalue weighted by Crippen LogP contribution is -2.10. The minimum atomic E-state index is 0.343. The van der Waals surface area contributed by atoms with E-state index in [0.29, 0.717) is 17.9 Å². The highest BCUT2D eigenvalue weighted by Crippen LogP contribution is 2.52. The summed E-state index contributed by atoms with van der Waals surface area (Å²) < 4.78 is 1.24. The van der Waals surface area contributed by atoms with Gasteiger partial charge in [-0.2, -0.15) is 0 Å². The zero-order valence-corrected chi connectivity index (χ0v) is 11.3. The van der Waals surface area contributed by atoms with Crippen molar-refractivity contribution < 1.29 is 0 Å². The molecule has 2 N–H and O–H groups in total. The summed E-state index contributed by atoms with van der Waals surface area (Å²) in [4.78, 5) is 1.54. The molecule has 1 aliphatic rings. The van der Waals surface area contributed by atoms with E-state index in [1.807, 2.05) is 11.3 Å². The summed E-state index contributed by atoms with van der Waals surface area (Å²) in [6.07, 6.45) is 1.26. The van der Waals surface area contributed by atoms with E-state index in [9.17, 15) is 0 Å². The van der Waals surface area contributed by atoms with Gasteiger partial charge < -0.3 is 5.73 Å². The third-order valence-corrected chi connectivity index (χ3v) is 5.49. The monoisotopic (exact) mass is 273 g/mol. The van der Waals surface area contributed by atoms with Crippen LogP contribution >= 0.6 is 27.3 Å². The molecular weight excluding hydrogens is 258 g/mol. The van der Waals surface area contributed by atoms with Crippen LogP contribution in [0.2, 0.25) is 0 Å². The molecule has 1 heterocycles. The highest BCUT2D eigenvalue weighted by atomic mass is 79.9. The first-order chi connectivity index (χ1) is 6.47. The molecule has 0 spiro atoms. The van der Waals surface area contributed by atoms with Gasteiger partial charge in [0.05, 0.1) is 3.79 Å². The van der Waals surface area contributed by atoms with Crippen molar-refractivity contribution in [2.45, 2.75) is 45.1 Å². The van der Waals surface area contributed by atoms with Crippen molar-refractivity contribution in [2.75, 3.05) is 0 Å². The molecule has 3 heteroatoms. The minimum Gasteiger partial charge on any atom is -0.326 e. The summed E-state index contributed by atoms with van der Waals surface area (Å²) in [7, 11) is 0. The van der Waals surface area contributed by atoms with Crippen molar-refractivity contribution in [3.05, 3.63) is 19.8 Å². The Balaban J connectivity index is 2.62. The molecule has 0 aromatic carbocycles. The summed E-state index contributed by atoms with van der Waals surface area (Å²) in [6, 6.07) is 0. The average Bonchev–Trinajstić information content (AvgIpc) is 2.50. The Morgan fingerprint density at radius 1 is 1.57 bits per heavy atom. The lowest BCUT2D eigenvalue weighted by molar-refractivity contribution is 0.494. The molecule has 1 atom stereocenters. The maximum Gasteiger partial charge on any atom is 0.0749 e. The maximum atomic E-state index is 5.80. The Labute approximate surface area is 97.8 Å². The van der Waals surface area contributed by atoms with Gasteiger partial charge in [0.2, 0.25) is 0 Å². The molecule has 0 radical (unpaired) electrons. The maximum absolute atomic E-state index is 5.80. The number of fused-ring (bicyclic) bond motifs is 1. The zero-order valence-electron chi connectivity index (χ0n) is 8.86. The van der Waals surface area contributed by atoms with Gasteiger partial charge in [-0.25, -0.2) is 0 Å². The predicted octanol–water partition coefficient (Wildman–Crippen LogP) is 3.75. The first kappa shape index (κ1) is 10.7. The summed E-state index contributed by atoms with van der Waals surface area (Å²) >= 11 is 5.50. The first-order valence-electron chi connectivity index (χ1n) is 4.99. The molecule has 78 valence electrons. The summed E-state index contributed by atoms with van der Waals surface area (Å²) in [5.41, 5.74) is 9.00. The average molecular weight is 274 g/mol. The fourth-order valence-corrected chi connectivity index (χ4v) is 4.77. The summed E-state index contributed by atoms with van der Waals surface area (Å²) in [5.74, 6) is 0.668. The molecule has 0 saturated carbocycles. The van der Waals surface area contributed by atoms with E-state index in [1.165, 1.54) is 26.2 Å². The fraction of sp³-hybridized carbons (Fsp3) is 0.636. The van der Waals surface area contributed by atoms with Gasteiger partial charge in [0.25, 0.3) is 0 Å². The van der Waals surface area contributed by atoms with Crippen molar-refractivity contribution in [3.63, 3.8) is 0 Å². The number of halogens is 1. The van der Waals surface area contributed by atoms with Gasteiger partial charge in [-0.15, -0.1) is 11.3 Å². The Kier molecular flexibility index (Phi) is 2.53. The number of hydrogen-bond donors (Lipinski definition) is 1. The number of rotatable bonds is 1. The molecule has 1 aliphatic carbocycles. The second-order valence-electron chi connectivity index (χ2n) is 4.79. The van der Waals surface area contributed by atoms with Crippen LogP contribution in [0.5, 0.6) is 0 Å². The van der Waals surface area contributed by atoms with Crippen LogP contribution in [0, 0.1) is 0 Å². The molecule has 1 aromatic rings. The highest BCUT2D eigenvalue weighted by Gasteiger charge is 2.38. The molecular formula is C11H16BrNS. The van der Waals surface area contributed by atoms with Gasteiger partial charge in [0.15, 0.2) is 0 Å². The Morgan fingerprint density at radius 3 is 2.79 bits per heavy atom. The molecule has 0 aliphatic heterocycles. The summed E-state index contributed by atoms with van der Waals surface area (Å²) in [5, 5.41) is 0. The van der Waals surface area contributed by atoms with Crippen LogP contribution in [0.25, 0.3) is 0 Å². The molecule has 0 saturated heterocycles. The fourth-order valence-electron chi connectivity index (χ4n) is 2.62. The minimum absolute atomic E-state index is 0.343. The first-order valence-corrected chi connectivity index (χ1v) is 6.60. The Morgan fingerprint density at radius 2 is 2.21 bits per heavy atom. The van der Waals surface area contributed by atoms with Crippen LogP contribution in [0.1, 0.15) is 49.1 Å². The van der Waals surface area contributed by atoms with Crippen LogP contribution in [0.3, 0.4) is 0 Å². The van der Waals surface area contributed by atoms with Gasteiger partial charge in [0, 0.05) is 11.4 Å². The molecule has 2 rings (SSSR count). The lowest BCUT2D eigenvalue weighted by Gasteiger charge is -2.17. The van der Waals surface area contributed by atoms with Crippen molar-refractivity contribution in [3.8, 4) is 0 Å². The van der Waals surface area contributed by atoms with Gasteiger partial charge in [0.1, 0.15) is 0 Å². The highest BCUT2D eigenvalue weighted by molar-refractivity contribution is 9.11. The van der Waals surface area contributed by atoms with Crippen LogP contribution in [-0.2, 0) is 12.0 Å². The second-order valence-corrected chi connectivity index (χ2v) is 7.13. The van der Waals surface area contributed by atoms with Crippen LogP contribution < -0.4 is 5.73 Å². The van der Waals surface area contributed by atoms with E-state index in [4.69, 9.17) is 5.73 Å². The van der Waals surface area contributed by atoms with Crippen molar-refractivity contribution >= 4 is 27.3 Å². The van der Waals surface area contributed by atoms with Crippen LogP contribution in [0.4, 0.5) is 0 Å². The Hall–Kier alpha value is 0.140. The number of nitrogens with two attached hydrogens (primary N) is 1. The molecule has 0 amide bonds. The van der Waals surface area contributed by atoms with Crippen molar-refractivity contribution in [1.82, 2.24) is 0 Å². The standard InChI is InChI=1S/C11H16BrNS/c1-6-4-11(2,3)9-8(6)7(5-13)10(12)14-9/h6H,4-5,13H2,1-3H3. The smallest absolute Gasteiger partial charge is 0.0749 e. The van der Waals surface area contributed by atoms with Gasteiger partial charge >= 0.3 is 0 Å². The molecule has 1 aromatic heterocycles. The quantitative estimate of drug-likeness (QED) is 0.829. The van der Waals surface area contributed by atoms with E-state index in [2.05, 4.69) is 36.7 Å². The van der Waals surface area contributed by atoms with Gasteiger partial charge in [-0.1, -0.05) is 20.8 Å². The molecule has 0 fully saturated rings. The van der Waals surface area contributed by atoms with E-state index in [-0.39, 0.29) is 0 Å². The predicted molar refractivity (Wildman–Crippen MR) is 66.0 cm³/mol. The normalized spacial score (nSPS) is 23.9. The van der Waals surface area contributed by atoms with Crippen molar-refractivity contribution in [2.24, 2.45) is 5.73 Å². The SMILES string of the molecule is CC1CC(C)(C)c2sc(Br)c(CN)c21. The third kappa shape index (κ3) is 1.37. The molecule has 14 heavy (non-hydrogen) atoms. The molecule has 0 bridgehead atoms. The number of thiophene rings is 1. The molecule has 1 unspecified atom stereocenters. The third-order valence-electron chi connectivity index (χ3n) is 3.13. The van der Waals surface area contributed by atoms with E-state index in [0.717, 1.165) is 0 Å². The van der Waals surface area contributed by atoms with Gasteiger partial charge in [-0.3, -0.25) is 0 Å². The van der Waals surface area contributed by atoms with Gasteiger partial charge in [-0.05, 0) is 44.8 Å². The lowest BCUT2D eigenvalue weighted by atomic mass is 9.91. The number of hydrogen-bond acceptors (Lipinski definition) is 2. The van der Waals surface area contributed by atoms with Crippen LogP contribution in [-0.4, -0.2) is 0 Å². The van der Waals surface area contributed by atoms with Crippen LogP contribution in [0.15, 0.2) is 3.79 Å². The zero-order chi connectivity index (χ0) is 10.5. The van der Waals surface area contributed by atoms with E-state index in [1.54, 1.807) is 0 Å².